The quantitative estimate of drug-likeness (QED) is 0.328. The van der Waals surface area contributed by atoms with Crippen molar-refractivity contribution in [2.45, 2.75) is 38.4 Å². The maximum Gasteiger partial charge on any atom is 0.246 e. The van der Waals surface area contributed by atoms with Crippen molar-refractivity contribution in [2.24, 2.45) is 0 Å². The van der Waals surface area contributed by atoms with Crippen molar-refractivity contribution >= 4 is 51.1 Å². The number of hydrogen-bond donors (Lipinski definition) is 2. The van der Waals surface area contributed by atoms with E-state index in [4.69, 9.17) is 21.6 Å². The fraction of sp³-hybridized carbons (Fsp3) is 0.400. The Morgan fingerprint density at radius 1 is 1.19 bits per heavy atom. The van der Waals surface area contributed by atoms with Gasteiger partial charge in [0.25, 0.3) is 0 Å². The minimum Gasteiger partial charge on any atom is -0.507 e. The van der Waals surface area contributed by atoms with Gasteiger partial charge in [0.1, 0.15) is 17.1 Å². The Balaban J connectivity index is 1.55. The Morgan fingerprint density at radius 3 is 2.62 bits per heavy atom. The number of amides is 1. The topological polar surface area (TPSA) is 105 Å². The normalized spacial score (nSPS) is 20.4. The highest BCUT2D eigenvalue weighted by Crippen LogP contribution is 2.45. The summed E-state index contributed by atoms with van der Waals surface area (Å²) in [5.41, 5.74) is 0.977. The SMILES string of the molecule is C=CC(=O)N1C[C@H](C)N(c2nc(N3CC(C)(N(C)C)C3)nc3c(F)c(-c4c(O)ccc5[nH]ncc45)c(Cl)cc23)C[C@H]1C. The van der Waals surface area contributed by atoms with Crippen molar-refractivity contribution in [3.8, 4) is 16.9 Å². The Bertz CT molecular complexity index is 1730. The summed E-state index contributed by atoms with van der Waals surface area (Å²) >= 11 is 6.82. The lowest BCUT2D eigenvalue weighted by atomic mass is 9.91. The Morgan fingerprint density at radius 2 is 1.93 bits per heavy atom. The molecule has 12 heteroatoms. The van der Waals surface area contributed by atoms with Crippen LogP contribution in [0.3, 0.4) is 0 Å². The molecule has 2 aromatic heterocycles. The lowest BCUT2D eigenvalue weighted by Crippen LogP contribution is -2.67. The molecule has 0 saturated carbocycles. The molecule has 2 fully saturated rings. The van der Waals surface area contributed by atoms with Gasteiger partial charge in [0, 0.05) is 60.2 Å². The van der Waals surface area contributed by atoms with Crippen LogP contribution in [-0.4, -0.2) is 98.9 Å². The predicted octanol–water partition coefficient (Wildman–Crippen LogP) is 4.42. The summed E-state index contributed by atoms with van der Waals surface area (Å²) in [4.78, 5) is 30.3. The van der Waals surface area contributed by atoms with Crippen LogP contribution in [-0.2, 0) is 4.79 Å². The molecule has 2 N–H and O–H groups in total. The van der Waals surface area contributed by atoms with Crippen LogP contribution < -0.4 is 9.80 Å². The molecule has 6 rings (SSSR count). The zero-order valence-corrected chi connectivity index (χ0v) is 25.1. The van der Waals surface area contributed by atoms with Gasteiger partial charge in [0.2, 0.25) is 11.9 Å². The third-order valence-electron chi connectivity index (χ3n) is 8.84. The van der Waals surface area contributed by atoms with Crippen molar-refractivity contribution in [1.82, 2.24) is 30.0 Å². The number of hydrogen-bond acceptors (Lipinski definition) is 8. The van der Waals surface area contributed by atoms with Crippen LogP contribution in [0.15, 0.2) is 37.1 Å². The number of carbonyl (C=O) groups excluding carboxylic acids is 1. The van der Waals surface area contributed by atoms with E-state index in [9.17, 15) is 9.90 Å². The number of anilines is 2. The predicted molar refractivity (Wildman–Crippen MR) is 164 cm³/mol. The smallest absolute Gasteiger partial charge is 0.246 e. The molecule has 0 bridgehead atoms. The van der Waals surface area contributed by atoms with Crippen LogP contribution in [0.25, 0.3) is 32.9 Å². The largest absolute Gasteiger partial charge is 0.507 e. The standard InChI is InChI=1S/C30H34ClFN8O2/c1-7-23(42)39-12-17(3)40(13-16(39)2)28-18-10-20(31)25(24-19-11-33-36-21(19)8-9-22(24)41)26(32)27(18)34-29(35-28)38-14-30(4,15-38)37(5)6/h7-11,16-17,41H,1,12-15H2,2-6H3,(H,33,36)/t16-,17+/m1/s1. The highest BCUT2D eigenvalue weighted by atomic mass is 35.5. The van der Waals surface area contributed by atoms with E-state index in [1.165, 1.54) is 18.3 Å². The molecule has 10 nitrogen and oxygen atoms in total. The van der Waals surface area contributed by atoms with Crippen molar-refractivity contribution in [1.29, 1.82) is 0 Å². The molecule has 42 heavy (non-hydrogen) atoms. The third kappa shape index (κ3) is 4.33. The number of aromatic nitrogens is 4. The molecule has 2 aliphatic rings. The average Bonchev–Trinajstić information content (AvgIpc) is 3.41. The van der Waals surface area contributed by atoms with Crippen molar-refractivity contribution in [3.63, 3.8) is 0 Å². The zero-order chi connectivity index (χ0) is 30.1. The Labute approximate surface area is 248 Å². The van der Waals surface area contributed by atoms with E-state index in [2.05, 4.69) is 33.5 Å². The molecule has 0 radical (unpaired) electrons. The summed E-state index contributed by atoms with van der Waals surface area (Å²) in [5, 5.41) is 18.9. The molecule has 220 valence electrons. The third-order valence-corrected chi connectivity index (χ3v) is 9.14. The number of phenolic OH excluding ortho intramolecular Hbond substituents is 1. The number of phenols is 1. The second-order valence-electron chi connectivity index (χ2n) is 11.9. The van der Waals surface area contributed by atoms with Gasteiger partial charge in [-0.3, -0.25) is 9.89 Å². The number of aromatic amines is 1. The lowest BCUT2D eigenvalue weighted by Gasteiger charge is -2.52. The first kappa shape index (κ1) is 28.2. The summed E-state index contributed by atoms with van der Waals surface area (Å²) < 4.78 is 16.8. The van der Waals surface area contributed by atoms with E-state index < -0.39 is 5.82 Å². The first-order valence-corrected chi connectivity index (χ1v) is 14.3. The zero-order valence-electron chi connectivity index (χ0n) is 24.3. The van der Waals surface area contributed by atoms with Crippen LogP contribution in [0.1, 0.15) is 20.8 Å². The van der Waals surface area contributed by atoms with Crippen LogP contribution in [0.4, 0.5) is 16.2 Å². The molecule has 0 aliphatic carbocycles. The van der Waals surface area contributed by atoms with Crippen LogP contribution in [0, 0.1) is 5.82 Å². The van der Waals surface area contributed by atoms with E-state index in [0.29, 0.717) is 54.2 Å². The van der Waals surface area contributed by atoms with Gasteiger partial charge in [-0.15, -0.1) is 0 Å². The number of nitrogens with one attached hydrogen (secondary N) is 1. The number of likely N-dealkylation sites (N-methyl/N-ethyl adjacent to an activating group) is 1. The van der Waals surface area contributed by atoms with Gasteiger partial charge in [-0.05, 0) is 59.1 Å². The van der Waals surface area contributed by atoms with Gasteiger partial charge in [-0.2, -0.15) is 10.1 Å². The molecule has 0 unspecified atom stereocenters. The van der Waals surface area contributed by atoms with Crippen molar-refractivity contribution < 1.29 is 14.3 Å². The molecule has 0 spiro atoms. The first-order chi connectivity index (χ1) is 19.9. The highest BCUT2D eigenvalue weighted by Gasteiger charge is 2.43. The lowest BCUT2D eigenvalue weighted by molar-refractivity contribution is -0.128. The van der Waals surface area contributed by atoms with Crippen LogP contribution in [0.5, 0.6) is 5.75 Å². The summed E-state index contributed by atoms with van der Waals surface area (Å²) in [6, 6.07) is 4.59. The molecule has 1 amide bonds. The van der Waals surface area contributed by atoms with Gasteiger partial charge < -0.3 is 24.7 Å². The molecule has 2 saturated heterocycles. The summed E-state index contributed by atoms with van der Waals surface area (Å²) in [7, 11) is 4.07. The van der Waals surface area contributed by atoms with Gasteiger partial charge >= 0.3 is 0 Å². The Kier molecular flexibility index (Phi) is 6.77. The summed E-state index contributed by atoms with van der Waals surface area (Å²) in [5.74, 6) is 0.0745. The first-order valence-electron chi connectivity index (χ1n) is 13.9. The molecule has 4 heterocycles. The number of fused-ring (bicyclic) bond motifs is 2. The van der Waals surface area contributed by atoms with Gasteiger partial charge in [0.15, 0.2) is 5.82 Å². The fourth-order valence-electron chi connectivity index (χ4n) is 6.07. The van der Waals surface area contributed by atoms with Crippen molar-refractivity contribution in [2.75, 3.05) is 50.1 Å². The van der Waals surface area contributed by atoms with Gasteiger partial charge in [-0.1, -0.05) is 18.2 Å². The minimum absolute atomic E-state index is 0.0498. The van der Waals surface area contributed by atoms with E-state index in [1.807, 2.05) is 32.8 Å². The number of piperazine rings is 1. The van der Waals surface area contributed by atoms with E-state index in [-0.39, 0.29) is 50.9 Å². The molecular weight excluding hydrogens is 559 g/mol. The number of nitrogens with zero attached hydrogens (tertiary/aromatic N) is 7. The number of benzene rings is 2. The molecule has 2 aliphatic heterocycles. The highest BCUT2D eigenvalue weighted by molar-refractivity contribution is 6.35. The summed E-state index contributed by atoms with van der Waals surface area (Å²) in [6.45, 7) is 12.1. The number of rotatable bonds is 5. The second kappa shape index (κ2) is 10.1. The second-order valence-corrected chi connectivity index (χ2v) is 12.3. The monoisotopic (exact) mass is 592 g/mol. The number of aromatic hydroxyl groups is 1. The number of carbonyl (C=O) groups is 1. The number of H-pyrrole nitrogens is 1. The fourth-order valence-corrected chi connectivity index (χ4v) is 6.36. The maximum atomic E-state index is 16.8. The number of halogens is 2. The van der Waals surface area contributed by atoms with Crippen LogP contribution >= 0.6 is 11.6 Å². The Hall–Kier alpha value is -3.96. The van der Waals surface area contributed by atoms with Crippen LogP contribution in [0.2, 0.25) is 5.02 Å². The van der Waals surface area contributed by atoms with E-state index in [1.54, 1.807) is 17.0 Å². The van der Waals surface area contributed by atoms with E-state index >= 15 is 4.39 Å². The van der Waals surface area contributed by atoms with Gasteiger partial charge in [-0.25, -0.2) is 9.37 Å². The molecular formula is C30H34ClFN8O2. The van der Waals surface area contributed by atoms with Gasteiger partial charge in [0.05, 0.1) is 22.3 Å². The average molecular weight is 593 g/mol. The molecule has 2 aromatic carbocycles. The summed E-state index contributed by atoms with van der Waals surface area (Å²) in [6.07, 6.45) is 2.87. The maximum absolute atomic E-state index is 16.8. The molecule has 4 aromatic rings. The van der Waals surface area contributed by atoms with E-state index in [0.717, 1.165) is 0 Å². The minimum atomic E-state index is -0.650. The molecule has 2 atom stereocenters. The van der Waals surface area contributed by atoms with Crippen molar-refractivity contribution in [3.05, 3.63) is 47.9 Å².